The fraction of sp³-hybridized carbons (Fsp3) is 0.464. The van der Waals surface area contributed by atoms with Crippen LogP contribution in [0.2, 0.25) is 0 Å². The van der Waals surface area contributed by atoms with Gasteiger partial charge in [0.15, 0.2) is 0 Å². The molecule has 2 amide bonds. The first-order valence-corrected chi connectivity index (χ1v) is 12.4. The van der Waals surface area contributed by atoms with E-state index in [2.05, 4.69) is 10.8 Å². The van der Waals surface area contributed by atoms with E-state index in [-0.39, 0.29) is 30.8 Å². The van der Waals surface area contributed by atoms with Crippen molar-refractivity contribution in [1.82, 2.24) is 10.8 Å². The van der Waals surface area contributed by atoms with Crippen LogP contribution in [-0.4, -0.2) is 37.5 Å². The molecule has 2 bridgehead atoms. The van der Waals surface area contributed by atoms with Crippen molar-refractivity contribution >= 4 is 17.8 Å². The number of hydrogen-bond donors (Lipinski definition) is 2. The van der Waals surface area contributed by atoms with Gasteiger partial charge in [-0.25, -0.2) is 10.3 Å². The van der Waals surface area contributed by atoms with E-state index in [1.165, 1.54) is 7.11 Å². The largest absolute Gasteiger partial charge is 0.494 e. The van der Waals surface area contributed by atoms with E-state index in [0.717, 1.165) is 11.1 Å². The maximum Gasteiger partial charge on any atom is 0.328 e. The lowest BCUT2D eigenvalue weighted by atomic mass is 9.81. The van der Waals surface area contributed by atoms with Crippen LogP contribution >= 0.6 is 0 Å². The van der Waals surface area contributed by atoms with Gasteiger partial charge in [0.25, 0.3) is 0 Å². The molecule has 2 N–H and O–H groups in total. The van der Waals surface area contributed by atoms with Gasteiger partial charge in [-0.05, 0) is 48.4 Å². The second-order valence-electron chi connectivity index (χ2n) is 9.51. The average Bonchev–Trinajstić information content (AvgIpc) is 2.87. The van der Waals surface area contributed by atoms with Crippen LogP contribution in [0.1, 0.15) is 44.2 Å². The molecule has 8 heteroatoms. The zero-order valence-electron chi connectivity index (χ0n) is 21.2. The fourth-order valence-electron chi connectivity index (χ4n) is 4.38. The van der Waals surface area contributed by atoms with Gasteiger partial charge in [0, 0.05) is 12.3 Å². The number of benzene rings is 2. The zero-order chi connectivity index (χ0) is 25.9. The highest BCUT2D eigenvalue weighted by atomic mass is 16.6. The van der Waals surface area contributed by atoms with Gasteiger partial charge in [-0.15, -0.1) is 0 Å². The maximum atomic E-state index is 13.5. The monoisotopic (exact) mass is 496 g/mol. The van der Waals surface area contributed by atoms with E-state index in [9.17, 15) is 14.4 Å². The molecular weight excluding hydrogens is 460 g/mol. The van der Waals surface area contributed by atoms with Gasteiger partial charge >= 0.3 is 5.97 Å². The van der Waals surface area contributed by atoms with E-state index in [4.69, 9.17) is 14.3 Å². The maximum absolute atomic E-state index is 13.5. The number of hydroxylamine groups is 1. The number of esters is 1. The molecule has 0 unspecified atom stereocenters. The lowest BCUT2D eigenvalue weighted by Gasteiger charge is -2.29. The van der Waals surface area contributed by atoms with Crippen molar-refractivity contribution in [1.29, 1.82) is 0 Å². The summed E-state index contributed by atoms with van der Waals surface area (Å²) in [6.07, 6.45) is 1.74. The summed E-state index contributed by atoms with van der Waals surface area (Å²) in [6.45, 7) is 4.63. The Bertz CT molecular complexity index is 993. The molecule has 36 heavy (non-hydrogen) atoms. The number of methoxy groups -OCH3 is 1. The topological polar surface area (TPSA) is 103 Å². The molecular formula is C28H36N2O6. The summed E-state index contributed by atoms with van der Waals surface area (Å²) in [4.78, 5) is 44.8. The van der Waals surface area contributed by atoms with Crippen LogP contribution in [0.25, 0.3) is 0 Å². The van der Waals surface area contributed by atoms with Gasteiger partial charge in [0.05, 0.1) is 26.2 Å². The van der Waals surface area contributed by atoms with Gasteiger partial charge in [-0.3, -0.25) is 14.4 Å². The highest BCUT2D eigenvalue weighted by Gasteiger charge is 2.36. The molecule has 2 aliphatic rings. The van der Waals surface area contributed by atoms with Crippen LogP contribution in [0.4, 0.5) is 0 Å². The summed E-state index contributed by atoms with van der Waals surface area (Å²) in [5, 5.41) is 2.86. The van der Waals surface area contributed by atoms with E-state index in [0.29, 0.717) is 31.6 Å². The Morgan fingerprint density at radius 2 is 1.83 bits per heavy atom. The molecule has 4 rings (SSSR count). The third-order valence-electron chi connectivity index (χ3n) is 6.23. The Balaban J connectivity index is 1.82. The predicted octanol–water partition coefficient (Wildman–Crippen LogP) is 3.59. The average molecular weight is 497 g/mol. The van der Waals surface area contributed by atoms with Gasteiger partial charge in [0.2, 0.25) is 11.8 Å². The molecule has 3 atom stereocenters. The number of amides is 2. The molecule has 194 valence electrons. The van der Waals surface area contributed by atoms with Gasteiger partial charge in [-0.1, -0.05) is 56.3 Å². The van der Waals surface area contributed by atoms with Crippen molar-refractivity contribution in [2.24, 2.45) is 17.8 Å². The summed E-state index contributed by atoms with van der Waals surface area (Å²) >= 11 is 0. The van der Waals surface area contributed by atoms with Crippen molar-refractivity contribution in [3.05, 3.63) is 65.7 Å². The normalized spacial score (nSPS) is 20.7. The number of fused-ring (bicyclic) bond motifs is 11. The Morgan fingerprint density at radius 1 is 1.11 bits per heavy atom. The van der Waals surface area contributed by atoms with Crippen LogP contribution in [0.5, 0.6) is 5.75 Å². The second kappa shape index (κ2) is 13.6. The SMILES string of the molecule is COC(=O)[C@@H]1Cc2ccc(cc2)OCCC[C@H](C(=O)NOCc2ccccc2)[C@@H](CC(C)C)C(=O)N1. The van der Waals surface area contributed by atoms with Crippen LogP contribution in [0, 0.1) is 17.8 Å². The Hall–Kier alpha value is -3.39. The lowest BCUT2D eigenvalue weighted by Crippen LogP contribution is -2.49. The van der Waals surface area contributed by atoms with E-state index >= 15 is 0 Å². The van der Waals surface area contributed by atoms with Crippen LogP contribution < -0.4 is 15.5 Å². The van der Waals surface area contributed by atoms with Crippen LogP contribution in [-0.2, 0) is 37.0 Å². The second-order valence-corrected chi connectivity index (χ2v) is 9.51. The third-order valence-corrected chi connectivity index (χ3v) is 6.23. The van der Waals surface area contributed by atoms with Crippen molar-refractivity contribution < 1.29 is 28.7 Å². The number of nitrogens with one attached hydrogen (secondary N) is 2. The highest BCUT2D eigenvalue weighted by Crippen LogP contribution is 2.27. The third kappa shape index (κ3) is 8.09. The molecule has 0 spiro atoms. The van der Waals surface area contributed by atoms with Crippen LogP contribution in [0.15, 0.2) is 54.6 Å². The zero-order valence-corrected chi connectivity index (χ0v) is 21.2. The number of carbonyl (C=O) groups excluding carboxylic acids is 3. The summed E-state index contributed by atoms with van der Waals surface area (Å²) in [5.74, 6) is -1.70. The summed E-state index contributed by atoms with van der Waals surface area (Å²) in [7, 11) is 1.29. The molecule has 0 saturated carbocycles. The molecule has 2 heterocycles. The minimum atomic E-state index is -0.870. The number of rotatable bonds is 7. The first-order valence-electron chi connectivity index (χ1n) is 12.4. The number of carbonyl (C=O) groups is 3. The molecule has 0 aromatic heterocycles. The Kier molecular flexibility index (Phi) is 10.3. The van der Waals surface area contributed by atoms with Gasteiger partial charge in [-0.2, -0.15) is 0 Å². The van der Waals surface area contributed by atoms with Crippen LogP contribution in [0.3, 0.4) is 0 Å². The summed E-state index contributed by atoms with van der Waals surface area (Å²) < 4.78 is 10.8. The molecule has 2 aliphatic heterocycles. The minimum Gasteiger partial charge on any atom is -0.494 e. The van der Waals surface area contributed by atoms with Crippen molar-refractivity contribution in [2.75, 3.05) is 13.7 Å². The molecule has 0 fully saturated rings. The quantitative estimate of drug-likeness (QED) is 0.449. The van der Waals surface area contributed by atoms with Gasteiger partial charge < -0.3 is 14.8 Å². The fourth-order valence-corrected chi connectivity index (χ4v) is 4.38. The Labute approximate surface area is 212 Å². The minimum absolute atomic E-state index is 0.153. The standard InChI is InChI=1S/C28H36N2O6/c1-19(2)16-24-23(27(32)30-36-18-21-8-5-4-6-9-21)10-7-15-35-22-13-11-20(12-14-22)17-25(28(33)34-3)29-26(24)31/h4-6,8-9,11-14,19,23-25H,7,10,15-18H2,1-3H3,(H,29,31)(H,30,32)/t23-,24+,25-/m0/s1. The molecule has 0 saturated heterocycles. The molecule has 2 aromatic rings. The first-order chi connectivity index (χ1) is 17.4. The molecule has 2 aromatic carbocycles. The van der Waals surface area contributed by atoms with E-state index in [1.807, 2.05) is 68.4 Å². The summed E-state index contributed by atoms with van der Waals surface area (Å²) in [6, 6.07) is 16.0. The molecule has 8 nitrogen and oxygen atoms in total. The highest BCUT2D eigenvalue weighted by molar-refractivity contribution is 5.90. The van der Waals surface area contributed by atoms with E-state index < -0.39 is 23.8 Å². The van der Waals surface area contributed by atoms with Crippen molar-refractivity contribution in [3.63, 3.8) is 0 Å². The molecule has 0 radical (unpaired) electrons. The number of ether oxygens (including phenoxy) is 2. The lowest BCUT2D eigenvalue weighted by molar-refractivity contribution is -0.148. The first kappa shape index (κ1) is 27.2. The van der Waals surface area contributed by atoms with Crippen molar-refractivity contribution in [3.8, 4) is 5.75 Å². The smallest absolute Gasteiger partial charge is 0.328 e. The predicted molar refractivity (Wildman–Crippen MR) is 135 cm³/mol. The molecule has 0 aliphatic carbocycles. The van der Waals surface area contributed by atoms with Gasteiger partial charge in [0.1, 0.15) is 11.8 Å². The Morgan fingerprint density at radius 3 is 2.50 bits per heavy atom. The number of hydrogen-bond acceptors (Lipinski definition) is 6. The summed E-state index contributed by atoms with van der Waals surface area (Å²) in [5.41, 5.74) is 4.33. The van der Waals surface area contributed by atoms with Crippen molar-refractivity contribution in [2.45, 2.75) is 52.2 Å². The van der Waals surface area contributed by atoms with E-state index in [1.54, 1.807) is 0 Å².